The molecule has 0 bridgehead atoms. The van der Waals surface area contributed by atoms with Crippen molar-refractivity contribution in [1.82, 2.24) is 0 Å². The quantitative estimate of drug-likeness (QED) is 0.780. The molecule has 0 aliphatic carbocycles. The molecule has 0 fully saturated rings. The molecule has 0 aromatic heterocycles. The molecule has 1 aliphatic rings. The van der Waals surface area contributed by atoms with E-state index in [1.165, 1.54) is 18.6 Å². The molecule has 0 saturated heterocycles. The van der Waals surface area contributed by atoms with Gasteiger partial charge in [0.05, 0.1) is 5.56 Å². The van der Waals surface area contributed by atoms with E-state index in [2.05, 4.69) is 15.9 Å². The summed E-state index contributed by atoms with van der Waals surface area (Å²) in [7, 11) is 0. The summed E-state index contributed by atoms with van der Waals surface area (Å²) in [5, 5.41) is 0. The van der Waals surface area contributed by atoms with Crippen LogP contribution in [-0.4, -0.2) is 0 Å². The third-order valence-electron chi connectivity index (χ3n) is 2.04. The van der Waals surface area contributed by atoms with E-state index in [0.29, 0.717) is 10.0 Å². The predicted octanol–water partition coefficient (Wildman–Crippen LogP) is 3.98. The molecule has 6 heteroatoms. The van der Waals surface area contributed by atoms with E-state index in [1.54, 1.807) is 0 Å². The fourth-order valence-electron chi connectivity index (χ4n) is 1.29. The summed E-state index contributed by atoms with van der Waals surface area (Å²) in [6.45, 7) is 0. The Morgan fingerprint density at radius 3 is 2.31 bits per heavy atom. The second-order valence-corrected chi connectivity index (χ2v) is 3.96. The van der Waals surface area contributed by atoms with Gasteiger partial charge in [0.2, 0.25) is 0 Å². The van der Waals surface area contributed by atoms with E-state index in [-0.39, 0.29) is 0 Å². The van der Waals surface area contributed by atoms with Gasteiger partial charge in [0.1, 0.15) is 12.5 Å². The van der Waals surface area contributed by atoms with Gasteiger partial charge in [0.25, 0.3) is 6.29 Å². The van der Waals surface area contributed by atoms with Gasteiger partial charge in [-0.1, -0.05) is 15.9 Å². The zero-order chi connectivity index (χ0) is 11.8. The summed E-state index contributed by atoms with van der Waals surface area (Å²) in [4.78, 5) is 0. The molecular weight excluding hydrogens is 289 g/mol. The van der Waals surface area contributed by atoms with Crippen molar-refractivity contribution in [2.45, 2.75) is 12.5 Å². The lowest BCUT2D eigenvalue weighted by molar-refractivity contribution is -0.137. The van der Waals surface area contributed by atoms with Crippen molar-refractivity contribution >= 4 is 15.9 Å². The minimum atomic E-state index is -4.37. The van der Waals surface area contributed by atoms with Gasteiger partial charge in [-0.3, -0.25) is 0 Å². The van der Waals surface area contributed by atoms with Crippen LogP contribution in [0, 0.1) is 0 Å². The molecule has 2 rings (SSSR count). The molecule has 1 heterocycles. The maximum Gasteiger partial charge on any atom is 0.416 e. The summed E-state index contributed by atoms with van der Waals surface area (Å²) in [5.74, 6) is 0. The Labute approximate surface area is 97.8 Å². The molecule has 0 unspecified atom stereocenters. The van der Waals surface area contributed by atoms with Gasteiger partial charge in [-0.2, -0.15) is 13.2 Å². The van der Waals surface area contributed by atoms with Gasteiger partial charge in [-0.25, -0.2) is 0 Å². The first kappa shape index (κ1) is 11.3. The van der Waals surface area contributed by atoms with Crippen molar-refractivity contribution in [2.24, 2.45) is 0 Å². The average molecular weight is 295 g/mol. The lowest BCUT2D eigenvalue weighted by atomic mass is 10.1. The Morgan fingerprint density at radius 1 is 1.12 bits per heavy atom. The second-order valence-electron chi connectivity index (χ2n) is 3.11. The number of alkyl halides is 3. The van der Waals surface area contributed by atoms with Gasteiger partial charge in [-0.15, -0.1) is 0 Å². The summed E-state index contributed by atoms with van der Waals surface area (Å²) in [5.41, 5.74) is -0.426. The molecule has 1 aromatic carbocycles. The van der Waals surface area contributed by atoms with Gasteiger partial charge in [0, 0.05) is 10.0 Å². The molecule has 1 aliphatic heterocycles. The maximum atomic E-state index is 12.5. The summed E-state index contributed by atoms with van der Waals surface area (Å²) in [6, 6.07) is 3.32. The normalized spacial score (nSPS) is 16.0. The Bertz CT molecular complexity index is 421. The van der Waals surface area contributed by atoms with Crippen LogP contribution in [0.25, 0.3) is 0 Å². The third kappa shape index (κ3) is 2.16. The van der Waals surface area contributed by atoms with E-state index >= 15 is 0 Å². The fraction of sp³-hybridized carbons (Fsp3) is 0.200. The van der Waals surface area contributed by atoms with Crippen molar-refractivity contribution in [3.8, 4) is 0 Å². The molecule has 1 aromatic rings. The standard InChI is InChI=1S/C10H6BrF3O2/c11-8-2-1-6(10(12,13)14)5-7(8)9-15-3-4-16-9/h1-5,9H. The SMILES string of the molecule is FC(F)(F)c1ccc(Br)c(C2OC=CO2)c1. The smallest absolute Gasteiger partial charge is 0.416 e. The van der Waals surface area contributed by atoms with Crippen LogP contribution in [0.15, 0.2) is 35.2 Å². The first-order valence-corrected chi connectivity index (χ1v) is 5.10. The molecule has 16 heavy (non-hydrogen) atoms. The Balaban J connectivity index is 2.37. The molecule has 0 atom stereocenters. The van der Waals surface area contributed by atoms with Crippen LogP contribution < -0.4 is 0 Å². The molecule has 0 spiro atoms. The molecule has 0 radical (unpaired) electrons. The van der Waals surface area contributed by atoms with Gasteiger partial charge >= 0.3 is 6.18 Å². The minimum absolute atomic E-state index is 0.305. The highest BCUT2D eigenvalue weighted by atomic mass is 79.9. The first-order chi connectivity index (χ1) is 7.48. The van der Waals surface area contributed by atoms with Gasteiger partial charge < -0.3 is 9.47 Å². The second kappa shape index (κ2) is 4.01. The lowest BCUT2D eigenvalue weighted by Crippen LogP contribution is -2.07. The number of rotatable bonds is 1. The van der Waals surface area contributed by atoms with Crippen molar-refractivity contribution in [2.75, 3.05) is 0 Å². The van der Waals surface area contributed by atoms with Crippen LogP contribution in [0.4, 0.5) is 13.2 Å². The maximum absolute atomic E-state index is 12.5. The summed E-state index contributed by atoms with van der Waals surface area (Å²) < 4.78 is 47.9. The van der Waals surface area contributed by atoms with Crippen LogP contribution in [0.1, 0.15) is 17.4 Å². The van der Waals surface area contributed by atoms with Gasteiger partial charge in [0.15, 0.2) is 0 Å². The minimum Gasteiger partial charge on any atom is -0.455 e. The molecule has 0 N–H and O–H groups in total. The number of hydrogen-bond acceptors (Lipinski definition) is 2. The van der Waals surface area contributed by atoms with E-state index in [0.717, 1.165) is 12.1 Å². The third-order valence-corrected chi connectivity index (χ3v) is 2.76. The molecule has 0 saturated carbocycles. The van der Waals surface area contributed by atoms with E-state index in [9.17, 15) is 13.2 Å². The summed E-state index contributed by atoms with van der Waals surface area (Å²) >= 11 is 3.15. The van der Waals surface area contributed by atoms with Crippen LogP contribution >= 0.6 is 15.9 Å². The van der Waals surface area contributed by atoms with Crippen LogP contribution in [0.2, 0.25) is 0 Å². The zero-order valence-corrected chi connectivity index (χ0v) is 9.38. The summed E-state index contributed by atoms with van der Waals surface area (Å²) in [6.07, 6.45) is -2.62. The highest BCUT2D eigenvalue weighted by Gasteiger charge is 2.32. The largest absolute Gasteiger partial charge is 0.455 e. The van der Waals surface area contributed by atoms with Crippen LogP contribution in [0.5, 0.6) is 0 Å². The molecule has 0 amide bonds. The fourth-order valence-corrected chi connectivity index (χ4v) is 1.72. The molecular formula is C10H6BrF3O2. The number of hydrogen-bond donors (Lipinski definition) is 0. The van der Waals surface area contributed by atoms with Crippen LogP contribution in [0.3, 0.4) is 0 Å². The van der Waals surface area contributed by atoms with E-state index in [1.807, 2.05) is 0 Å². The Hall–Kier alpha value is -1.17. The number of ether oxygens (including phenoxy) is 2. The Morgan fingerprint density at radius 2 is 1.75 bits per heavy atom. The highest BCUT2D eigenvalue weighted by Crippen LogP contribution is 2.36. The number of halogens is 4. The van der Waals surface area contributed by atoms with Crippen molar-refractivity contribution < 1.29 is 22.6 Å². The Kier molecular flexibility index (Phi) is 2.84. The molecule has 86 valence electrons. The van der Waals surface area contributed by atoms with Crippen molar-refractivity contribution in [1.29, 1.82) is 0 Å². The van der Waals surface area contributed by atoms with E-state index in [4.69, 9.17) is 9.47 Å². The predicted molar refractivity (Wildman–Crippen MR) is 53.2 cm³/mol. The first-order valence-electron chi connectivity index (χ1n) is 4.31. The lowest BCUT2D eigenvalue weighted by Gasteiger charge is -2.14. The van der Waals surface area contributed by atoms with Crippen molar-refractivity contribution in [3.05, 3.63) is 46.3 Å². The van der Waals surface area contributed by atoms with Gasteiger partial charge in [-0.05, 0) is 18.2 Å². The number of benzene rings is 1. The van der Waals surface area contributed by atoms with Crippen LogP contribution in [-0.2, 0) is 15.7 Å². The van der Waals surface area contributed by atoms with E-state index < -0.39 is 18.0 Å². The average Bonchev–Trinajstić information content (AvgIpc) is 2.69. The monoisotopic (exact) mass is 294 g/mol. The zero-order valence-electron chi connectivity index (χ0n) is 7.79. The molecule has 2 nitrogen and oxygen atoms in total. The highest BCUT2D eigenvalue weighted by molar-refractivity contribution is 9.10. The van der Waals surface area contributed by atoms with Crippen molar-refractivity contribution in [3.63, 3.8) is 0 Å². The topological polar surface area (TPSA) is 18.5 Å².